The molecule has 1 aromatic heterocycles. The number of ether oxygens (including phenoxy) is 2. The Labute approximate surface area is 172 Å². The molecule has 3 aromatic rings. The standard InChI is InChI=1S/C18H15BrIN3O3/c1-10-22-15-5-4-12(19)8-13(15)18(24)23(10)21-9-11-6-14(20)17(26-3)16(7-11)25-2/h4-9H,1-3H3. The van der Waals surface area contributed by atoms with Gasteiger partial charge < -0.3 is 9.47 Å². The van der Waals surface area contributed by atoms with Crippen LogP contribution in [-0.2, 0) is 0 Å². The van der Waals surface area contributed by atoms with Gasteiger partial charge in [0, 0.05) is 4.47 Å². The minimum Gasteiger partial charge on any atom is -0.493 e. The van der Waals surface area contributed by atoms with Crippen molar-refractivity contribution in [3.05, 3.63) is 60.1 Å². The van der Waals surface area contributed by atoms with Crippen molar-refractivity contribution in [2.45, 2.75) is 6.92 Å². The van der Waals surface area contributed by atoms with Crippen LogP contribution in [0.15, 0.2) is 44.7 Å². The van der Waals surface area contributed by atoms with Crippen LogP contribution in [-0.4, -0.2) is 30.1 Å². The van der Waals surface area contributed by atoms with Crippen molar-refractivity contribution in [3.63, 3.8) is 0 Å². The molecule has 8 heteroatoms. The summed E-state index contributed by atoms with van der Waals surface area (Å²) in [5.74, 6) is 1.78. The average Bonchev–Trinajstić information content (AvgIpc) is 2.61. The maximum atomic E-state index is 12.8. The molecule has 0 amide bonds. The molecule has 0 bridgehead atoms. The van der Waals surface area contributed by atoms with Gasteiger partial charge in [-0.25, -0.2) is 4.98 Å². The molecule has 0 saturated carbocycles. The highest BCUT2D eigenvalue weighted by Crippen LogP contribution is 2.33. The van der Waals surface area contributed by atoms with Gasteiger partial charge in [0.15, 0.2) is 11.5 Å². The van der Waals surface area contributed by atoms with Gasteiger partial charge >= 0.3 is 0 Å². The number of aromatic nitrogens is 2. The monoisotopic (exact) mass is 527 g/mol. The predicted octanol–water partition coefficient (Wildman–Crippen LogP) is 3.97. The molecule has 0 atom stereocenters. The van der Waals surface area contributed by atoms with Gasteiger partial charge in [-0.3, -0.25) is 4.79 Å². The van der Waals surface area contributed by atoms with E-state index >= 15 is 0 Å². The molecular formula is C18H15BrIN3O3. The zero-order valence-electron chi connectivity index (χ0n) is 14.3. The lowest BCUT2D eigenvalue weighted by atomic mass is 10.2. The van der Waals surface area contributed by atoms with E-state index in [0.29, 0.717) is 28.2 Å². The Morgan fingerprint density at radius 3 is 2.69 bits per heavy atom. The molecule has 0 unspecified atom stereocenters. The maximum absolute atomic E-state index is 12.8. The van der Waals surface area contributed by atoms with E-state index in [9.17, 15) is 4.79 Å². The fourth-order valence-electron chi connectivity index (χ4n) is 2.53. The lowest BCUT2D eigenvalue weighted by Gasteiger charge is -2.10. The number of halogens is 2. The van der Waals surface area contributed by atoms with Crippen molar-refractivity contribution in [2.24, 2.45) is 5.10 Å². The fraction of sp³-hybridized carbons (Fsp3) is 0.167. The van der Waals surface area contributed by atoms with Crippen molar-refractivity contribution < 1.29 is 9.47 Å². The molecule has 6 nitrogen and oxygen atoms in total. The van der Waals surface area contributed by atoms with Crippen LogP contribution in [0.25, 0.3) is 10.9 Å². The molecular weight excluding hydrogens is 513 g/mol. The molecule has 26 heavy (non-hydrogen) atoms. The summed E-state index contributed by atoms with van der Waals surface area (Å²) in [5, 5.41) is 4.83. The third-order valence-electron chi connectivity index (χ3n) is 3.75. The summed E-state index contributed by atoms with van der Waals surface area (Å²) in [5.41, 5.74) is 1.20. The summed E-state index contributed by atoms with van der Waals surface area (Å²) in [6, 6.07) is 9.11. The van der Waals surface area contributed by atoms with Gasteiger partial charge in [0.2, 0.25) is 0 Å². The predicted molar refractivity (Wildman–Crippen MR) is 114 cm³/mol. The minimum absolute atomic E-state index is 0.222. The van der Waals surface area contributed by atoms with E-state index in [0.717, 1.165) is 13.6 Å². The number of methoxy groups -OCH3 is 2. The molecule has 0 fully saturated rings. The van der Waals surface area contributed by atoms with E-state index in [1.807, 2.05) is 12.1 Å². The topological polar surface area (TPSA) is 65.7 Å². The van der Waals surface area contributed by atoms with E-state index < -0.39 is 0 Å². The first-order valence-electron chi connectivity index (χ1n) is 7.59. The van der Waals surface area contributed by atoms with Crippen LogP contribution >= 0.6 is 38.5 Å². The first-order chi connectivity index (χ1) is 12.4. The third-order valence-corrected chi connectivity index (χ3v) is 5.04. The van der Waals surface area contributed by atoms with Crippen LogP contribution in [0.1, 0.15) is 11.4 Å². The Morgan fingerprint density at radius 2 is 2.00 bits per heavy atom. The molecule has 0 N–H and O–H groups in total. The van der Waals surface area contributed by atoms with Crippen molar-refractivity contribution >= 4 is 55.6 Å². The lowest BCUT2D eigenvalue weighted by molar-refractivity contribution is 0.353. The minimum atomic E-state index is -0.222. The van der Waals surface area contributed by atoms with Gasteiger partial charge in [-0.15, -0.1) is 0 Å². The molecule has 134 valence electrons. The summed E-state index contributed by atoms with van der Waals surface area (Å²) >= 11 is 5.55. The van der Waals surface area contributed by atoms with Crippen LogP contribution in [0.3, 0.4) is 0 Å². The Bertz CT molecular complexity index is 1080. The summed E-state index contributed by atoms with van der Waals surface area (Å²) < 4.78 is 13.7. The summed E-state index contributed by atoms with van der Waals surface area (Å²) in [4.78, 5) is 17.2. The summed E-state index contributed by atoms with van der Waals surface area (Å²) in [6.07, 6.45) is 1.60. The molecule has 1 heterocycles. The van der Waals surface area contributed by atoms with Crippen molar-refractivity contribution in [3.8, 4) is 11.5 Å². The van der Waals surface area contributed by atoms with Crippen LogP contribution in [0.5, 0.6) is 11.5 Å². The Balaban J connectivity index is 2.09. The van der Waals surface area contributed by atoms with Crippen molar-refractivity contribution in [1.29, 1.82) is 0 Å². The largest absolute Gasteiger partial charge is 0.493 e. The molecule has 0 spiro atoms. The van der Waals surface area contributed by atoms with Crippen LogP contribution in [0, 0.1) is 10.5 Å². The lowest BCUT2D eigenvalue weighted by Crippen LogP contribution is -2.20. The first kappa shape index (κ1) is 18.8. The number of nitrogens with zero attached hydrogens (tertiary/aromatic N) is 3. The number of hydrogen-bond acceptors (Lipinski definition) is 5. The number of fused-ring (bicyclic) bond motifs is 1. The Kier molecular flexibility index (Phi) is 5.61. The Morgan fingerprint density at radius 1 is 1.23 bits per heavy atom. The number of hydrogen-bond donors (Lipinski definition) is 0. The van der Waals surface area contributed by atoms with Gasteiger partial charge in [-0.05, 0) is 65.4 Å². The maximum Gasteiger partial charge on any atom is 0.282 e. The van der Waals surface area contributed by atoms with Gasteiger partial charge in [-0.2, -0.15) is 9.78 Å². The summed E-state index contributed by atoms with van der Waals surface area (Å²) in [7, 11) is 3.17. The van der Waals surface area contributed by atoms with Gasteiger partial charge in [-0.1, -0.05) is 15.9 Å². The fourth-order valence-corrected chi connectivity index (χ4v) is 3.74. The number of benzene rings is 2. The van der Waals surface area contributed by atoms with Crippen molar-refractivity contribution in [1.82, 2.24) is 9.66 Å². The van der Waals surface area contributed by atoms with Crippen LogP contribution < -0.4 is 15.0 Å². The quantitative estimate of drug-likeness (QED) is 0.380. The average molecular weight is 528 g/mol. The normalized spacial score (nSPS) is 11.3. The molecule has 0 aliphatic heterocycles. The van der Waals surface area contributed by atoms with Gasteiger partial charge in [0.05, 0.1) is 34.9 Å². The highest BCUT2D eigenvalue weighted by Gasteiger charge is 2.11. The second-order valence-corrected chi connectivity index (χ2v) is 7.50. The van der Waals surface area contributed by atoms with E-state index in [2.05, 4.69) is 48.6 Å². The summed E-state index contributed by atoms with van der Waals surface area (Å²) in [6.45, 7) is 1.75. The van der Waals surface area contributed by atoms with E-state index in [-0.39, 0.29) is 5.56 Å². The SMILES string of the molecule is COc1cc(C=Nn2c(C)nc3ccc(Br)cc3c2=O)cc(I)c1OC. The van der Waals surface area contributed by atoms with E-state index in [4.69, 9.17) is 9.47 Å². The van der Waals surface area contributed by atoms with Crippen molar-refractivity contribution in [2.75, 3.05) is 14.2 Å². The zero-order valence-corrected chi connectivity index (χ0v) is 18.0. The van der Waals surface area contributed by atoms with Gasteiger partial charge in [0.25, 0.3) is 5.56 Å². The number of rotatable bonds is 4. The highest BCUT2D eigenvalue weighted by molar-refractivity contribution is 14.1. The molecule has 3 rings (SSSR count). The van der Waals surface area contributed by atoms with E-state index in [1.54, 1.807) is 45.6 Å². The molecule has 2 aromatic carbocycles. The molecule has 0 radical (unpaired) electrons. The molecule has 0 aliphatic carbocycles. The molecule has 0 aliphatic rings. The smallest absolute Gasteiger partial charge is 0.282 e. The second kappa shape index (κ2) is 7.75. The second-order valence-electron chi connectivity index (χ2n) is 5.42. The van der Waals surface area contributed by atoms with Crippen LogP contribution in [0.4, 0.5) is 0 Å². The first-order valence-corrected chi connectivity index (χ1v) is 9.46. The highest BCUT2D eigenvalue weighted by atomic mass is 127. The van der Waals surface area contributed by atoms with E-state index in [1.165, 1.54) is 4.68 Å². The number of aryl methyl sites for hydroxylation is 1. The zero-order chi connectivity index (χ0) is 18.8. The van der Waals surface area contributed by atoms with Gasteiger partial charge in [0.1, 0.15) is 5.82 Å². The molecule has 0 saturated heterocycles. The Hall–Kier alpha value is -1.94. The van der Waals surface area contributed by atoms with Crippen LogP contribution in [0.2, 0.25) is 0 Å². The third kappa shape index (κ3) is 3.61.